The Morgan fingerprint density at radius 3 is 2.62 bits per heavy atom. The molecule has 0 heterocycles. The number of carbonyl (C=O) groups is 1. The van der Waals surface area contributed by atoms with Crippen LogP contribution in [0.2, 0.25) is 0 Å². The summed E-state index contributed by atoms with van der Waals surface area (Å²) in [7, 11) is 1.43. The van der Waals surface area contributed by atoms with Gasteiger partial charge in [-0.25, -0.2) is 0 Å². The van der Waals surface area contributed by atoms with E-state index in [1.807, 2.05) is 6.92 Å². The van der Waals surface area contributed by atoms with Crippen LogP contribution in [0.3, 0.4) is 0 Å². The molecule has 1 rings (SSSR count). The molecular formula is C13H21NO2. The van der Waals surface area contributed by atoms with Gasteiger partial charge in [0.1, 0.15) is 5.54 Å². The number of hydrogen-bond donors (Lipinski definition) is 1. The molecule has 1 atom stereocenters. The lowest BCUT2D eigenvalue weighted by Gasteiger charge is -2.37. The Hall–Kier alpha value is -1.01. The number of rotatable bonds is 4. The second kappa shape index (κ2) is 5.91. The van der Waals surface area contributed by atoms with Crippen LogP contribution in [-0.4, -0.2) is 25.2 Å². The van der Waals surface area contributed by atoms with Crippen molar-refractivity contribution in [1.29, 1.82) is 0 Å². The monoisotopic (exact) mass is 223 g/mol. The Balaban J connectivity index is 2.75. The van der Waals surface area contributed by atoms with Gasteiger partial charge >= 0.3 is 5.97 Å². The minimum Gasteiger partial charge on any atom is -0.468 e. The van der Waals surface area contributed by atoms with E-state index >= 15 is 0 Å². The zero-order valence-corrected chi connectivity index (χ0v) is 10.2. The van der Waals surface area contributed by atoms with Gasteiger partial charge < -0.3 is 4.74 Å². The summed E-state index contributed by atoms with van der Waals surface area (Å²) in [4.78, 5) is 11.9. The number of hydrogen-bond acceptors (Lipinski definition) is 3. The summed E-state index contributed by atoms with van der Waals surface area (Å²) in [5, 5.41) is 3.16. The van der Waals surface area contributed by atoms with E-state index in [0.29, 0.717) is 12.5 Å². The first-order valence-corrected chi connectivity index (χ1v) is 5.92. The predicted molar refractivity (Wildman–Crippen MR) is 63.8 cm³/mol. The van der Waals surface area contributed by atoms with Gasteiger partial charge in [-0.05, 0) is 25.7 Å². The number of methoxy groups -OCH3 is 1. The van der Waals surface area contributed by atoms with Crippen molar-refractivity contribution in [1.82, 2.24) is 5.32 Å². The van der Waals surface area contributed by atoms with Crippen LogP contribution in [0.15, 0.2) is 0 Å². The average molecular weight is 223 g/mol. The molecule has 0 spiro atoms. The topological polar surface area (TPSA) is 38.3 Å². The highest BCUT2D eigenvalue weighted by Gasteiger charge is 2.41. The second-order valence-corrected chi connectivity index (χ2v) is 4.59. The van der Waals surface area contributed by atoms with Crippen LogP contribution in [-0.2, 0) is 9.53 Å². The van der Waals surface area contributed by atoms with Gasteiger partial charge in [-0.1, -0.05) is 25.2 Å². The average Bonchev–Trinajstić information content (AvgIpc) is 2.36. The van der Waals surface area contributed by atoms with E-state index in [2.05, 4.69) is 11.2 Å². The molecule has 1 aliphatic carbocycles. The molecular weight excluding hydrogens is 202 g/mol. The smallest absolute Gasteiger partial charge is 0.326 e. The van der Waals surface area contributed by atoms with Crippen molar-refractivity contribution in [3.8, 4) is 12.3 Å². The molecule has 0 radical (unpaired) electrons. The first-order valence-electron chi connectivity index (χ1n) is 5.92. The van der Waals surface area contributed by atoms with Crippen LogP contribution in [0.4, 0.5) is 0 Å². The van der Waals surface area contributed by atoms with Crippen LogP contribution in [0.5, 0.6) is 0 Å². The lowest BCUT2D eigenvalue weighted by molar-refractivity contribution is -0.151. The molecule has 0 aliphatic heterocycles. The van der Waals surface area contributed by atoms with Crippen molar-refractivity contribution in [3.05, 3.63) is 0 Å². The van der Waals surface area contributed by atoms with Gasteiger partial charge in [0.05, 0.1) is 13.7 Å². The lowest BCUT2D eigenvalue weighted by atomic mass is 9.75. The molecule has 0 aromatic carbocycles. The summed E-state index contributed by atoms with van der Waals surface area (Å²) in [6.07, 6.45) is 11.0. The van der Waals surface area contributed by atoms with E-state index < -0.39 is 5.54 Å². The fourth-order valence-electron chi connectivity index (χ4n) is 2.51. The van der Waals surface area contributed by atoms with Crippen molar-refractivity contribution >= 4 is 5.97 Å². The quantitative estimate of drug-likeness (QED) is 0.582. The molecule has 1 aliphatic rings. The predicted octanol–water partition coefficient (Wildman–Crippen LogP) is 1.72. The minimum atomic E-state index is -0.623. The van der Waals surface area contributed by atoms with Crippen molar-refractivity contribution in [2.45, 2.75) is 44.6 Å². The normalized spacial score (nSPS) is 20.8. The third kappa shape index (κ3) is 2.76. The number of carbonyl (C=O) groups excluding carboxylic acids is 1. The van der Waals surface area contributed by atoms with Crippen LogP contribution in [0, 0.1) is 18.3 Å². The molecule has 1 saturated carbocycles. The van der Waals surface area contributed by atoms with Gasteiger partial charge in [-0.3, -0.25) is 10.1 Å². The van der Waals surface area contributed by atoms with Gasteiger partial charge in [0.25, 0.3) is 0 Å². The van der Waals surface area contributed by atoms with E-state index in [1.165, 1.54) is 26.4 Å². The van der Waals surface area contributed by atoms with Gasteiger partial charge in [-0.2, -0.15) is 0 Å². The van der Waals surface area contributed by atoms with Crippen LogP contribution >= 0.6 is 0 Å². The number of ether oxygens (including phenoxy) is 1. The van der Waals surface area contributed by atoms with E-state index in [4.69, 9.17) is 11.2 Å². The number of nitrogens with one attached hydrogen (secondary N) is 1. The summed E-state index contributed by atoms with van der Waals surface area (Å²) in [6.45, 7) is 2.31. The van der Waals surface area contributed by atoms with Gasteiger partial charge in [0, 0.05) is 0 Å². The second-order valence-electron chi connectivity index (χ2n) is 4.59. The molecule has 0 bridgehead atoms. The molecule has 1 fully saturated rings. The molecule has 1 unspecified atom stereocenters. The first kappa shape index (κ1) is 13.1. The highest BCUT2D eigenvalue weighted by Crippen LogP contribution is 2.33. The molecule has 3 nitrogen and oxygen atoms in total. The van der Waals surface area contributed by atoms with E-state index in [1.54, 1.807) is 0 Å². The minimum absolute atomic E-state index is 0.199. The molecule has 3 heteroatoms. The standard InChI is InChI=1S/C13H21NO2/c1-4-10-14-13(2,12(15)16-3)11-8-6-5-7-9-11/h1,11,14H,5-10H2,2-3H3. The molecule has 0 aromatic rings. The number of terminal acetylenes is 1. The van der Waals surface area contributed by atoms with Crippen molar-refractivity contribution < 1.29 is 9.53 Å². The summed E-state index contributed by atoms with van der Waals surface area (Å²) >= 11 is 0. The maximum Gasteiger partial charge on any atom is 0.326 e. The van der Waals surface area contributed by atoms with Crippen molar-refractivity contribution in [3.63, 3.8) is 0 Å². The summed E-state index contributed by atoms with van der Waals surface area (Å²) in [5.41, 5.74) is -0.623. The van der Waals surface area contributed by atoms with E-state index in [-0.39, 0.29) is 5.97 Å². The molecule has 90 valence electrons. The SMILES string of the molecule is C#CCNC(C)(C(=O)OC)C1CCCCC1. The molecule has 16 heavy (non-hydrogen) atoms. The maximum absolute atomic E-state index is 11.9. The number of esters is 1. The molecule has 1 N–H and O–H groups in total. The van der Waals surface area contributed by atoms with E-state index in [0.717, 1.165) is 12.8 Å². The Bertz CT molecular complexity index is 276. The highest BCUT2D eigenvalue weighted by molar-refractivity contribution is 5.80. The van der Waals surface area contributed by atoms with E-state index in [9.17, 15) is 4.79 Å². The first-order chi connectivity index (χ1) is 7.65. The van der Waals surface area contributed by atoms with Crippen molar-refractivity contribution in [2.24, 2.45) is 5.92 Å². The third-order valence-corrected chi connectivity index (χ3v) is 3.59. The van der Waals surface area contributed by atoms with Crippen LogP contribution in [0.1, 0.15) is 39.0 Å². The Morgan fingerprint density at radius 2 is 2.12 bits per heavy atom. The summed E-state index contributed by atoms with van der Waals surface area (Å²) in [5.74, 6) is 2.66. The van der Waals surface area contributed by atoms with Gasteiger partial charge in [0.15, 0.2) is 0 Å². The fraction of sp³-hybridized carbons (Fsp3) is 0.769. The van der Waals surface area contributed by atoms with Gasteiger partial charge in [0.2, 0.25) is 0 Å². The molecule has 0 saturated heterocycles. The van der Waals surface area contributed by atoms with Gasteiger partial charge in [-0.15, -0.1) is 6.42 Å². The Morgan fingerprint density at radius 1 is 1.50 bits per heavy atom. The maximum atomic E-state index is 11.9. The Labute approximate surface area is 97.9 Å². The highest BCUT2D eigenvalue weighted by atomic mass is 16.5. The summed E-state index contributed by atoms with van der Waals surface area (Å²) < 4.78 is 4.90. The zero-order chi connectivity index (χ0) is 12.0. The third-order valence-electron chi connectivity index (χ3n) is 3.59. The molecule has 0 amide bonds. The fourth-order valence-corrected chi connectivity index (χ4v) is 2.51. The Kier molecular flexibility index (Phi) is 4.82. The van der Waals surface area contributed by atoms with Crippen LogP contribution in [0.25, 0.3) is 0 Å². The largest absolute Gasteiger partial charge is 0.468 e. The zero-order valence-electron chi connectivity index (χ0n) is 10.2. The summed E-state index contributed by atoms with van der Waals surface area (Å²) in [6, 6.07) is 0. The van der Waals surface area contributed by atoms with Crippen LogP contribution < -0.4 is 5.32 Å². The lowest BCUT2D eigenvalue weighted by Crippen LogP contribution is -2.56. The molecule has 0 aromatic heterocycles. The van der Waals surface area contributed by atoms with Crippen molar-refractivity contribution in [2.75, 3.05) is 13.7 Å².